The summed E-state index contributed by atoms with van der Waals surface area (Å²) < 4.78 is 41.7. The highest BCUT2D eigenvalue weighted by molar-refractivity contribution is 6.66. The SMILES string of the molecule is C=C(C)C(=O)O.C=C(O)OC(=O)C(=C)C.CCO[Si](C)(CCCOCC1CO1)OCC.COCCC[Si](C)(OC)OC. The summed E-state index contributed by atoms with van der Waals surface area (Å²) in [4.78, 5) is 20.0. The zero-order valence-electron chi connectivity index (χ0n) is 27.2. The molecule has 248 valence electrons. The number of hydrogen-bond donors (Lipinski definition) is 2. The Labute approximate surface area is 255 Å². The third-order valence-corrected chi connectivity index (χ3v) is 11.3. The average molecular weight is 641 g/mol. The van der Waals surface area contributed by atoms with Gasteiger partial charge in [0.1, 0.15) is 6.10 Å². The van der Waals surface area contributed by atoms with Gasteiger partial charge in [-0.25, -0.2) is 9.59 Å². The van der Waals surface area contributed by atoms with Gasteiger partial charge in [-0.15, -0.1) is 0 Å². The first kappa shape index (κ1) is 44.6. The van der Waals surface area contributed by atoms with Crippen molar-refractivity contribution in [1.29, 1.82) is 0 Å². The van der Waals surface area contributed by atoms with E-state index in [1.54, 1.807) is 21.3 Å². The largest absolute Gasteiger partial charge is 0.481 e. The Morgan fingerprint density at radius 2 is 1.31 bits per heavy atom. The summed E-state index contributed by atoms with van der Waals surface area (Å²) in [6, 6.07) is 1.99. The molecule has 0 spiro atoms. The van der Waals surface area contributed by atoms with Crippen molar-refractivity contribution < 1.29 is 56.5 Å². The molecule has 0 bridgehead atoms. The van der Waals surface area contributed by atoms with Crippen LogP contribution in [0.15, 0.2) is 36.8 Å². The van der Waals surface area contributed by atoms with Crippen molar-refractivity contribution in [3.05, 3.63) is 36.8 Å². The molecular formula is C28H56O12Si2. The Kier molecular flexibility index (Phi) is 28.3. The van der Waals surface area contributed by atoms with Crippen LogP contribution in [0.25, 0.3) is 0 Å². The van der Waals surface area contributed by atoms with Gasteiger partial charge in [0, 0.05) is 58.9 Å². The summed E-state index contributed by atoms with van der Waals surface area (Å²) in [5, 5.41) is 16.2. The van der Waals surface area contributed by atoms with E-state index in [-0.39, 0.29) is 11.1 Å². The third-order valence-electron chi connectivity index (χ3n) is 5.29. The average Bonchev–Trinajstić information content (AvgIpc) is 3.74. The molecule has 1 saturated heterocycles. The summed E-state index contributed by atoms with van der Waals surface area (Å²) in [7, 11) is 1.39. The highest BCUT2D eigenvalue weighted by Crippen LogP contribution is 2.16. The second-order valence-corrected chi connectivity index (χ2v) is 16.4. The lowest BCUT2D eigenvalue weighted by molar-refractivity contribution is -0.138. The Morgan fingerprint density at radius 3 is 1.62 bits per heavy atom. The molecule has 1 aliphatic rings. The number of rotatable bonds is 19. The van der Waals surface area contributed by atoms with E-state index in [9.17, 15) is 9.59 Å². The highest BCUT2D eigenvalue weighted by atomic mass is 28.4. The molecule has 2 N–H and O–H groups in total. The molecule has 0 aliphatic carbocycles. The maximum Gasteiger partial charge on any atom is 0.340 e. The monoisotopic (exact) mass is 640 g/mol. The van der Waals surface area contributed by atoms with Gasteiger partial charge in [0.05, 0.1) is 13.2 Å². The van der Waals surface area contributed by atoms with Crippen LogP contribution in [-0.4, -0.2) is 106 Å². The molecule has 0 aromatic rings. The molecule has 1 unspecified atom stereocenters. The summed E-state index contributed by atoms with van der Waals surface area (Å²) in [5.41, 5.74) is 0.403. The van der Waals surface area contributed by atoms with Crippen molar-refractivity contribution in [2.75, 3.05) is 61.0 Å². The van der Waals surface area contributed by atoms with E-state index in [0.29, 0.717) is 6.10 Å². The number of ether oxygens (including phenoxy) is 4. The molecule has 0 amide bonds. The minimum Gasteiger partial charge on any atom is -0.481 e. The predicted molar refractivity (Wildman–Crippen MR) is 167 cm³/mol. The molecule has 0 radical (unpaired) electrons. The van der Waals surface area contributed by atoms with Gasteiger partial charge in [-0.3, -0.25) is 0 Å². The van der Waals surface area contributed by atoms with Crippen LogP contribution in [0.2, 0.25) is 25.2 Å². The second-order valence-electron chi connectivity index (χ2n) is 9.42. The maximum absolute atomic E-state index is 10.4. The molecule has 12 nitrogen and oxygen atoms in total. The van der Waals surface area contributed by atoms with Crippen LogP contribution in [0, 0.1) is 0 Å². The van der Waals surface area contributed by atoms with Crippen molar-refractivity contribution in [3.63, 3.8) is 0 Å². The number of carboxylic acid groups (broad SMARTS) is 1. The Bertz CT molecular complexity index is 750. The molecule has 42 heavy (non-hydrogen) atoms. The van der Waals surface area contributed by atoms with E-state index in [4.69, 9.17) is 42.1 Å². The number of hydrogen-bond acceptors (Lipinski definition) is 11. The Hall–Kier alpha value is -1.89. The zero-order chi connectivity index (χ0) is 33.2. The number of methoxy groups -OCH3 is 1. The summed E-state index contributed by atoms with van der Waals surface area (Å²) in [6.07, 6.45) is 2.39. The van der Waals surface area contributed by atoms with E-state index in [2.05, 4.69) is 37.6 Å². The van der Waals surface area contributed by atoms with Crippen molar-refractivity contribution in [2.45, 2.75) is 71.8 Å². The minimum absolute atomic E-state index is 0.176. The molecule has 1 heterocycles. The molecule has 1 rings (SSSR count). The number of carbonyl (C=O) groups is 2. The molecular weight excluding hydrogens is 584 g/mol. The topological polar surface area (TPSA) is 152 Å². The number of carbonyl (C=O) groups excluding carboxylic acids is 1. The van der Waals surface area contributed by atoms with Gasteiger partial charge in [-0.1, -0.05) is 13.2 Å². The zero-order valence-corrected chi connectivity index (χ0v) is 29.2. The Morgan fingerprint density at radius 1 is 0.857 bits per heavy atom. The fraction of sp³-hybridized carbons (Fsp3) is 0.714. The lowest BCUT2D eigenvalue weighted by Gasteiger charge is -2.25. The van der Waals surface area contributed by atoms with Gasteiger partial charge in [0.15, 0.2) is 0 Å². The smallest absolute Gasteiger partial charge is 0.340 e. The number of aliphatic carboxylic acids is 1. The van der Waals surface area contributed by atoms with Crippen molar-refractivity contribution >= 4 is 29.1 Å². The van der Waals surface area contributed by atoms with Gasteiger partial charge >= 0.3 is 29.1 Å². The fourth-order valence-corrected chi connectivity index (χ4v) is 6.43. The maximum atomic E-state index is 10.4. The molecule has 0 aromatic carbocycles. The molecule has 1 atom stereocenters. The molecule has 0 aromatic heterocycles. The number of esters is 1. The second kappa shape index (κ2) is 26.7. The van der Waals surface area contributed by atoms with Crippen LogP contribution in [0.3, 0.4) is 0 Å². The van der Waals surface area contributed by atoms with Crippen LogP contribution in [0.1, 0.15) is 40.5 Å². The van der Waals surface area contributed by atoms with E-state index >= 15 is 0 Å². The van der Waals surface area contributed by atoms with Gasteiger partial charge in [0.2, 0.25) is 0 Å². The van der Waals surface area contributed by atoms with E-state index in [0.717, 1.165) is 64.6 Å². The highest BCUT2D eigenvalue weighted by Gasteiger charge is 2.30. The summed E-state index contributed by atoms with van der Waals surface area (Å²) >= 11 is 0. The van der Waals surface area contributed by atoms with Crippen LogP contribution in [0.5, 0.6) is 0 Å². The van der Waals surface area contributed by atoms with E-state index in [1.807, 2.05) is 13.8 Å². The first-order valence-corrected chi connectivity index (χ1v) is 18.8. The number of aliphatic hydroxyl groups excluding tert-OH is 1. The van der Waals surface area contributed by atoms with E-state index in [1.165, 1.54) is 13.8 Å². The quantitative estimate of drug-likeness (QED) is 0.0482. The minimum atomic E-state index is -1.92. The van der Waals surface area contributed by atoms with E-state index < -0.39 is 35.0 Å². The molecule has 14 heteroatoms. The van der Waals surface area contributed by atoms with Gasteiger partial charge < -0.3 is 46.9 Å². The lowest BCUT2D eigenvalue weighted by atomic mass is 10.4. The standard InChI is InChI=1S/C11H24O4Si.C7H18O3Si.C6H8O3.C4H6O2/c1-4-14-16(3,15-5-2)8-6-7-12-9-11-10-13-11;1-8-6-5-7-11(4,9-2)10-3;1-4(2)6(8)9-5(3)7;1-3(2)4(5)6/h11H,4-10H2,1-3H3;5-7H2,1-4H3;7H,1,3H2,2H3;1H2,2H3,(H,5,6). The van der Waals surface area contributed by atoms with Crippen molar-refractivity contribution in [3.8, 4) is 0 Å². The first-order valence-electron chi connectivity index (χ1n) is 13.8. The van der Waals surface area contributed by atoms with Gasteiger partial charge in [-0.05, 0) is 72.3 Å². The first-order chi connectivity index (χ1) is 19.6. The summed E-state index contributed by atoms with van der Waals surface area (Å²) in [5.74, 6) is -2.21. The third kappa shape index (κ3) is 29.6. The number of aliphatic hydroxyl groups is 1. The normalized spacial score (nSPS) is 13.6. The predicted octanol–water partition coefficient (Wildman–Crippen LogP) is 5.11. The summed E-state index contributed by atoms with van der Waals surface area (Å²) in [6.45, 7) is 25.2. The number of epoxide rings is 1. The van der Waals surface area contributed by atoms with Crippen LogP contribution >= 0.6 is 0 Å². The molecule has 0 saturated carbocycles. The molecule has 1 aliphatic heterocycles. The van der Waals surface area contributed by atoms with Crippen molar-refractivity contribution in [2.24, 2.45) is 0 Å². The van der Waals surface area contributed by atoms with Crippen LogP contribution < -0.4 is 0 Å². The van der Waals surface area contributed by atoms with Crippen LogP contribution in [-0.2, 0) is 46.2 Å². The molecule has 1 fully saturated rings. The van der Waals surface area contributed by atoms with Crippen molar-refractivity contribution in [1.82, 2.24) is 0 Å². The van der Waals surface area contributed by atoms with Gasteiger partial charge in [0.25, 0.3) is 5.95 Å². The Balaban J connectivity index is -0.000000515. The fourth-order valence-electron chi connectivity index (χ4n) is 2.69. The lowest BCUT2D eigenvalue weighted by Crippen LogP contribution is -2.38. The number of carboxylic acids is 1. The van der Waals surface area contributed by atoms with Gasteiger partial charge in [-0.2, -0.15) is 0 Å². The van der Waals surface area contributed by atoms with Crippen LogP contribution in [0.4, 0.5) is 0 Å².